The molecule has 0 aliphatic carbocycles. The third-order valence-corrected chi connectivity index (χ3v) is 2.21. The molecule has 0 radical (unpaired) electrons. The molecule has 76 valence electrons. The smallest absolute Gasteiger partial charge is 0.273 e. The molecule has 0 saturated heterocycles. The Labute approximate surface area is 82.5 Å². The molecule has 1 aromatic heterocycles. The van der Waals surface area contributed by atoms with Crippen molar-refractivity contribution < 1.29 is 4.79 Å². The minimum atomic E-state index is -0.128. The normalized spacial score (nSPS) is 15.8. The maximum absolute atomic E-state index is 11.6. The molecule has 1 aromatic rings. The van der Waals surface area contributed by atoms with Crippen LogP contribution in [-0.2, 0) is 5.54 Å². The fraction of sp³-hybridized carbons (Fsp3) is 0.556. The highest BCUT2D eigenvalue weighted by molar-refractivity contribution is 5.98. The van der Waals surface area contributed by atoms with Gasteiger partial charge in [-0.3, -0.25) is 4.79 Å². The number of anilines is 1. The minimum absolute atomic E-state index is 0.0637. The van der Waals surface area contributed by atoms with Crippen LogP contribution in [0.2, 0.25) is 0 Å². The zero-order valence-electron chi connectivity index (χ0n) is 8.59. The number of carbonyl (C=O) groups is 1. The molecule has 0 saturated carbocycles. The lowest BCUT2D eigenvalue weighted by molar-refractivity contribution is 0.0937. The first-order chi connectivity index (χ1) is 6.50. The second-order valence-corrected chi connectivity index (χ2v) is 4.34. The summed E-state index contributed by atoms with van der Waals surface area (Å²) in [4.78, 5) is 15.8. The lowest BCUT2D eigenvalue weighted by Crippen LogP contribution is -2.38. The van der Waals surface area contributed by atoms with Gasteiger partial charge in [0.25, 0.3) is 5.91 Å². The Morgan fingerprint density at radius 3 is 2.79 bits per heavy atom. The predicted octanol–water partition coefficient (Wildman–Crippen LogP) is 0.751. The molecular formula is C9H14N4O. The van der Waals surface area contributed by atoms with E-state index in [4.69, 9.17) is 0 Å². The molecule has 0 atom stereocenters. The Morgan fingerprint density at radius 2 is 2.14 bits per heavy atom. The lowest BCUT2D eigenvalue weighted by atomic mass is 10.1. The van der Waals surface area contributed by atoms with Crippen molar-refractivity contribution in [3.05, 3.63) is 12.0 Å². The van der Waals surface area contributed by atoms with Crippen LogP contribution in [0.15, 0.2) is 6.33 Å². The monoisotopic (exact) mass is 194 g/mol. The number of aromatic nitrogens is 2. The summed E-state index contributed by atoms with van der Waals surface area (Å²) in [6, 6.07) is 0. The molecule has 0 spiro atoms. The first kappa shape index (κ1) is 9.05. The number of carbonyl (C=O) groups excluding carboxylic acids is 1. The maximum Gasteiger partial charge on any atom is 0.273 e. The van der Waals surface area contributed by atoms with Crippen molar-refractivity contribution in [3.8, 4) is 0 Å². The molecule has 5 nitrogen and oxygen atoms in total. The fourth-order valence-corrected chi connectivity index (χ4v) is 1.50. The standard InChI is InChI=1S/C9H14N4O/c1-9(2,3)13-5-12-7-6(13)8(14)11-4-10-7/h5,10H,4H2,1-3H3,(H,11,14). The first-order valence-electron chi connectivity index (χ1n) is 4.60. The van der Waals surface area contributed by atoms with E-state index in [1.807, 2.05) is 25.3 Å². The van der Waals surface area contributed by atoms with E-state index in [1.54, 1.807) is 6.33 Å². The van der Waals surface area contributed by atoms with Crippen molar-refractivity contribution in [2.75, 3.05) is 12.0 Å². The summed E-state index contributed by atoms with van der Waals surface area (Å²) < 4.78 is 1.88. The zero-order valence-corrected chi connectivity index (χ0v) is 8.59. The highest BCUT2D eigenvalue weighted by Gasteiger charge is 2.27. The van der Waals surface area contributed by atoms with Gasteiger partial charge in [0.2, 0.25) is 0 Å². The predicted molar refractivity (Wildman–Crippen MR) is 53.2 cm³/mol. The van der Waals surface area contributed by atoms with Crippen LogP contribution in [0.4, 0.5) is 5.82 Å². The van der Waals surface area contributed by atoms with Gasteiger partial charge in [0, 0.05) is 5.54 Å². The van der Waals surface area contributed by atoms with Gasteiger partial charge in [-0.15, -0.1) is 0 Å². The quantitative estimate of drug-likeness (QED) is 0.640. The van der Waals surface area contributed by atoms with E-state index >= 15 is 0 Å². The molecule has 0 fully saturated rings. The van der Waals surface area contributed by atoms with Crippen LogP contribution in [0, 0.1) is 0 Å². The number of hydrogen-bond acceptors (Lipinski definition) is 3. The van der Waals surface area contributed by atoms with Gasteiger partial charge in [-0.2, -0.15) is 0 Å². The Balaban J connectivity index is 2.54. The lowest BCUT2D eigenvalue weighted by Gasteiger charge is -2.25. The summed E-state index contributed by atoms with van der Waals surface area (Å²) in [5, 5.41) is 5.75. The molecule has 1 amide bonds. The van der Waals surface area contributed by atoms with E-state index in [1.165, 1.54) is 0 Å². The number of amides is 1. The van der Waals surface area contributed by atoms with E-state index in [-0.39, 0.29) is 11.4 Å². The van der Waals surface area contributed by atoms with Gasteiger partial charge in [0.1, 0.15) is 0 Å². The third kappa shape index (κ3) is 1.25. The van der Waals surface area contributed by atoms with Crippen molar-refractivity contribution >= 4 is 11.7 Å². The first-order valence-corrected chi connectivity index (χ1v) is 4.60. The van der Waals surface area contributed by atoms with Crippen molar-refractivity contribution in [3.63, 3.8) is 0 Å². The number of nitrogens with zero attached hydrogens (tertiary/aromatic N) is 2. The van der Waals surface area contributed by atoms with Crippen molar-refractivity contribution in [2.24, 2.45) is 0 Å². The van der Waals surface area contributed by atoms with Crippen LogP contribution in [-0.4, -0.2) is 22.1 Å². The number of rotatable bonds is 0. The number of imidazole rings is 1. The maximum atomic E-state index is 11.6. The van der Waals surface area contributed by atoms with Crippen molar-refractivity contribution in [1.29, 1.82) is 0 Å². The fourth-order valence-electron chi connectivity index (χ4n) is 1.50. The highest BCUT2D eigenvalue weighted by atomic mass is 16.2. The van der Waals surface area contributed by atoms with E-state index in [0.29, 0.717) is 18.2 Å². The molecule has 1 aliphatic heterocycles. The molecule has 0 unspecified atom stereocenters. The van der Waals surface area contributed by atoms with Gasteiger partial charge in [-0.05, 0) is 20.8 Å². The average Bonchev–Trinajstić information content (AvgIpc) is 2.47. The van der Waals surface area contributed by atoms with E-state index < -0.39 is 0 Å². The van der Waals surface area contributed by atoms with Crippen LogP contribution in [0.5, 0.6) is 0 Å². The SMILES string of the molecule is CC(C)(C)n1cnc2c1C(=O)NCN2. The summed E-state index contributed by atoms with van der Waals surface area (Å²) >= 11 is 0. The van der Waals surface area contributed by atoms with Crippen molar-refractivity contribution in [2.45, 2.75) is 26.3 Å². The van der Waals surface area contributed by atoms with Crippen molar-refractivity contribution in [1.82, 2.24) is 14.9 Å². The second kappa shape index (κ2) is 2.73. The summed E-state index contributed by atoms with van der Waals surface area (Å²) in [6.07, 6.45) is 1.70. The van der Waals surface area contributed by atoms with Gasteiger partial charge >= 0.3 is 0 Å². The van der Waals surface area contributed by atoms with Crippen LogP contribution in [0.25, 0.3) is 0 Å². The van der Waals surface area contributed by atoms with Gasteiger partial charge in [-0.25, -0.2) is 4.98 Å². The molecular weight excluding hydrogens is 180 g/mol. The van der Waals surface area contributed by atoms with Gasteiger partial charge in [0.05, 0.1) is 13.0 Å². The Morgan fingerprint density at radius 1 is 1.43 bits per heavy atom. The molecule has 5 heteroatoms. The number of hydrogen-bond donors (Lipinski definition) is 2. The Kier molecular flexibility index (Phi) is 1.77. The number of fused-ring (bicyclic) bond motifs is 1. The van der Waals surface area contributed by atoms with Gasteiger partial charge in [-0.1, -0.05) is 0 Å². The molecule has 2 N–H and O–H groups in total. The Bertz CT molecular complexity index is 375. The molecule has 14 heavy (non-hydrogen) atoms. The third-order valence-electron chi connectivity index (χ3n) is 2.21. The minimum Gasteiger partial charge on any atom is -0.351 e. The Hall–Kier alpha value is -1.52. The largest absolute Gasteiger partial charge is 0.351 e. The van der Waals surface area contributed by atoms with E-state index in [9.17, 15) is 4.79 Å². The molecule has 2 rings (SSSR count). The van der Waals surface area contributed by atoms with Crippen LogP contribution in [0.3, 0.4) is 0 Å². The summed E-state index contributed by atoms with van der Waals surface area (Å²) in [7, 11) is 0. The molecule has 1 aliphatic rings. The average molecular weight is 194 g/mol. The molecule has 0 aromatic carbocycles. The topological polar surface area (TPSA) is 59.0 Å². The van der Waals surface area contributed by atoms with Gasteiger partial charge < -0.3 is 15.2 Å². The van der Waals surface area contributed by atoms with Crippen LogP contribution in [0.1, 0.15) is 31.3 Å². The van der Waals surface area contributed by atoms with Crippen LogP contribution < -0.4 is 10.6 Å². The second-order valence-electron chi connectivity index (χ2n) is 4.34. The summed E-state index contributed by atoms with van der Waals surface area (Å²) in [5.41, 5.74) is 0.487. The van der Waals surface area contributed by atoms with E-state index in [2.05, 4.69) is 15.6 Å². The van der Waals surface area contributed by atoms with E-state index in [0.717, 1.165) is 0 Å². The van der Waals surface area contributed by atoms with Crippen LogP contribution >= 0.6 is 0 Å². The molecule has 2 heterocycles. The number of nitrogens with one attached hydrogen (secondary N) is 2. The van der Waals surface area contributed by atoms with Gasteiger partial charge in [0.15, 0.2) is 11.5 Å². The summed E-state index contributed by atoms with van der Waals surface area (Å²) in [6.45, 7) is 6.57. The summed E-state index contributed by atoms with van der Waals surface area (Å²) in [5.74, 6) is 0.606. The molecule has 0 bridgehead atoms. The zero-order chi connectivity index (χ0) is 10.3. The highest BCUT2D eigenvalue weighted by Crippen LogP contribution is 2.23.